The summed E-state index contributed by atoms with van der Waals surface area (Å²) in [4.78, 5) is 0. The van der Waals surface area contributed by atoms with Crippen LogP contribution in [0.25, 0.3) is 0 Å². The minimum absolute atomic E-state index is 0.745. The van der Waals surface area contributed by atoms with E-state index >= 15 is 0 Å². The van der Waals surface area contributed by atoms with Crippen LogP contribution in [0.5, 0.6) is 5.75 Å². The summed E-state index contributed by atoms with van der Waals surface area (Å²) in [5, 5.41) is 0. The van der Waals surface area contributed by atoms with Gasteiger partial charge in [0.15, 0.2) is 0 Å². The average molecular weight is 268 g/mol. The molecule has 0 aromatic heterocycles. The Bertz CT molecular complexity index is 333. The van der Waals surface area contributed by atoms with Gasteiger partial charge >= 0.3 is 0 Å². The van der Waals surface area contributed by atoms with Crippen LogP contribution in [-0.2, 0) is 0 Å². The van der Waals surface area contributed by atoms with E-state index in [-0.39, 0.29) is 0 Å². The minimum Gasteiger partial charge on any atom is -0.492 e. The Balaban J connectivity index is 2.94. The fraction of sp³-hybridized carbons (Fsp3) is 0.308. The second-order valence-electron chi connectivity index (χ2n) is 3.35. The Morgan fingerprint density at radius 1 is 1.53 bits per heavy atom. The van der Waals surface area contributed by atoms with Crippen molar-refractivity contribution in [1.29, 1.82) is 0 Å². The first kappa shape index (κ1) is 12.3. The molecule has 1 nitrogen and oxygen atoms in total. The third-order valence-electron chi connectivity index (χ3n) is 2.16. The number of benzene rings is 1. The van der Waals surface area contributed by atoms with Crippen LogP contribution in [0.2, 0.25) is 0 Å². The van der Waals surface area contributed by atoms with Crippen molar-refractivity contribution in [2.45, 2.75) is 20.3 Å². The molecule has 0 bridgehead atoms. The topological polar surface area (TPSA) is 9.23 Å². The third-order valence-corrected chi connectivity index (χ3v) is 2.97. The zero-order valence-corrected chi connectivity index (χ0v) is 10.8. The lowest BCUT2D eigenvalue weighted by molar-refractivity contribution is 0.315. The highest BCUT2D eigenvalue weighted by Crippen LogP contribution is 2.33. The lowest BCUT2D eigenvalue weighted by Gasteiger charge is -2.13. The summed E-state index contributed by atoms with van der Waals surface area (Å²) in [5.41, 5.74) is 1.14. The Kier molecular flexibility index (Phi) is 4.89. The SMILES string of the molecule is C=C[C](C)c1cccc(OCCC)c1Br. The summed E-state index contributed by atoms with van der Waals surface area (Å²) in [5.74, 6) is 2.04. The van der Waals surface area contributed by atoms with E-state index in [0.717, 1.165) is 34.7 Å². The maximum Gasteiger partial charge on any atom is 0.133 e. The smallest absolute Gasteiger partial charge is 0.133 e. The van der Waals surface area contributed by atoms with Crippen LogP contribution in [0.15, 0.2) is 35.3 Å². The fourth-order valence-corrected chi connectivity index (χ4v) is 1.94. The van der Waals surface area contributed by atoms with Crippen LogP contribution in [0.3, 0.4) is 0 Å². The summed E-state index contributed by atoms with van der Waals surface area (Å²) in [6, 6.07) is 6.03. The Morgan fingerprint density at radius 3 is 2.87 bits per heavy atom. The van der Waals surface area contributed by atoms with E-state index in [0.29, 0.717) is 0 Å². The van der Waals surface area contributed by atoms with Gasteiger partial charge in [0.1, 0.15) is 5.75 Å². The van der Waals surface area contributed by atoms with Gasteiger partial charge in [-0.25, -0.2) is 0 Å². The molecule has 1 radical (unpaired) electrons. The molecule has 15 heavy (non-hydrogen) atoms. The molecule has 0 aliphatic heterocycles. The van der Waals surface area contributed by atoms with Gasteiger partial charge < -0.3 is 4.74 Å². The molecule has 1 aromatic rings. The predicted octanol–water partition coefficient (Wildman–Crippen LogP) is 4.37. The molecule has 0 saturated heterocycles. The first-order valence-electron chi connectivity index (χ1n) is 5.08. The van der Waals surface area contributed by atoms with E-state index in [9.17, 15) is 0 Å². The van der Waals surface area contributed by atoms with Gasteiger partial charge in [0.2, 0.25) is 0 Å². The Morgan fingerprint density at radius 2 is 2.27 bits per heavy atom. The predicted molar refractivity (Wildman–Crippen MR) is 68.1 cm³/mol. The van der Waals surface area contributed by atoms with Crippen LogP contribution >= 0.6 is 15.9 Å². The summed E-state index contributed by atoms with van der Waals surface area (Å²) in [6.45, 7) is 8.65. The number of hydrogen-bond acceptors (Lipinski definition) is 1. The average Bonchev–Trinajstić information content (AvgIpc) is 2.27. The molecule has 0 unspecified atom stereocenters. The second kappa shape index (κ2) is 5.96. The minimum atomic E-state index is 0.745. The van der Waals surface area contributed by atoms with E-state index in [1.54, 1.807) is 0 Å². The van der Waals surface area contributed by atoms with Crippen molar-refractivity contribution >= 4 is 15.9 Å². The van der Waals surface area contributed by atoms with Crippen molar-refractivity contribution in [3.63, 3.8) is 0 Å². The molecular weight excluding hydrogens is 252 g/mol. The van der Waals surface area contributed by atoms with E-state index in [2.05, 4.69) is 35.5 Å². The number of ether oxygens (including phenoxy) is 1. The van der Waals surface area contributed by atoms with Crippen molar-refractivity contribution in [2.24, 2.45) is 0 Å². The van der Waals surface area contributed by atoms with Gasteiger partial charge in [-0.15, -0.1) is 6.58 Å². The first-order valence-corrected chi connectivity index (χ1v) is 5.87. The Hall–Kier alpha value is -0.760. The summed E-state index contributed by atoms with van der Waals surface area (Å²) < 4.78 is 6.64. The number of hydrogen-bond donors (Lipinski definition) is 0. The molecule has 0 spiro atoms. The quantitative estimate of drug-likeness (QED) is 0.770. The molecule has 0 N–H and O–H groups in total. The maximum absolute atomic E-state index is 5.63. The van der Waals surface area contributed by atoms with Gasteiger partial charge in [-0.3, -0.25) is 0 Å². The number of rotatable bonds is 5. The van der Waals surface area contributed by atoms with Crippen molar-refractivity contribution in [1.82, 2.24) is 0 Å². The van der Waals surface area contributed by atoms with Crippen LogP contribution < -0.4 is 4.74 Å². The van der Waals surface area contributed by atoms with Crippen molar-refractivity contribution in [2.75, 3.05) is 6.61 Å². The molecule has 1 rings (SSSR count). The standard InChI is InChI=1S/C13H16BrO/c1-4-9-15-12-8-6-7-11(13(12)14)10(3)5-2/h5-8H,2,4,9H2,1,3H3. The second-order valence-corrected chi connectivity index (χ2v) is 4.15. The normalized spacial score (nSPS) is 10.4. The highest BCUT2D eigenvalue weighted by atomic mass is 79.9. The van der Waals surface area contributed by atoms with E-state index in [1.807, 2.05) is 25.1 Å². The number of halogens is 1. The van der Waals surface area contributed by atoms with Crippen molar-refractivity contribution in [3.8, 4) is 5.75 Å². The summed E-state index contributed by atoms with van der Waals surface area (Å²) in [7, 11) is 0. The fourth-order valence-electron chi connectivity index (χ4n) is 1.25. The molecule has 0 amide bonds. The largest absolute Gasteiger partial charge is 0.492 e. The molecular formula is C13H16BrO. The van der Waals surface area contributed by atoms with E-state index in [4.69, 9.17) is 4.74 Å². The first-order chi connectivity index (χ1) is 7.20. The monoisotopic (exact) mass is 267 g/mol. The molecule has 0 aliphatic rings. The van der Waals surface area contributed by atoms with E-state index < -0.39 is 0 Å². The lowest BCUT2D eigenvalue weighted by atomic mass is 10.0. The molecule has 0 aliphatic carbocycles. The molecule has 0 fully saturated rings. The molecule has 81 valence electrons. The molecule has 0 atom stereocenters. The number of allylic oxidation sites excluding steroid dienone is 1. The maximum atomic E-state index is 5.63. The van der Waals surface area contributed by atoms with E-state index in [1.165, 1.54) is 0 Å². The van der Waals surface area contributed by atoms with Gasteiger partial charge in [-0.2, -0.15) is 0 Å². The zero-order valence-electron chi connectivity index (χ0n) is 9.22. The zero-order chi connectivity index (χ0) is 11.3. The highest BCUT2D eigenvalue weighted by molar-refractivity contribution is 9.10. The van der Waals surface area contributed by atoms with Crippen LogP contribution in [-0.4, -0.2) is 6.61 Å². The van der Waals surface area contributed by atoms with Crippen LogP contribution in [0.4, 0.5) is 0 Å². The van der Waals surface area contributed by atoms with Gasteiger partial charge in [0.25, 0.3) is 0 Å². The molecule has 0 saturated carbocycles. The van der Waals surface area contributed by atoms with Gasteiger partial charge in [-0.1, -0.05) is 32.1 Å². The molecule has 2 heteroatoms. The highest BCUT2D eigenvalue weighted by Gasteiger charge is 2.10. The van der Waals surface area contributed by atoms with Gasteiger partial charge in [0, 0.05) is 5.92 Å². The van der Waals surface area contributed by atoms with Crippen molar-refractivity contribution in [3.05, 3.63) is 46.8 Å². The summed E-state index contributed by atoms with van der Waals surface area (Å²) >= 11 is 3.56. The Labute approximate surface area is 100 Å². The third kappa shape index (κ3) is 3.10. The molecule has 0 heterocycles. The van der Waals surface area contributed by atoms with Crippen LogP contribution in [0.1, 0.15) is 25.8 Å². The van der Waals surface area contributed by atoms with Crippen molar-refractivity contribution < 1.29 is 4.74 Å². The lowest BCUT2D eigenvalue weighted by Crippen LogP contribution is -1.99. The van der Waals surface area contributed by atoms with Crippen LogP contribution in [0, 0.1) is 5.92 Å². The van der Waals surface area contributed by atoms with Gasteiger partial charge in [-0.05, 0) is 34.0 Å². The van der Waals surface area contributed by atoms with Gasteiger partial charge in [0.05, 0.1) is 11.1 Å². The molecule has 1 aromatic carbocycles. The summed E-state index contributed by atoms with van der Waals surface area (Å²) in [6.07, 6.45) is 2.87.